The van der Waals surface area contributed by atoms with E-state index in [4.69, 9.17) is 0 Å². The molecular formula is C28H32N4O6. The van der Waals surface area contributed by atoms with Gasteiger partial charge in [-0.15, -0.1) is 0 Å². The van der Waals surface area contributed by atoms with Crippen LogP contribution in [0.5, 0.6) is 0 Å². The maximum atomic E-state index is 13.5. The van der Waals surface area contributed by atoms with Crippen LogP contribution in [0.4, 0.5) is 11.4 Å². The zero-order valence-electron chi connectivity index (χ0n) is 21.9. The highest BCUT2D eigenvalue weighted by molar-refractivity contribution is 6.31. The molecule has 1 aliphatic rings. The Morgan fingerprint density at radius 1 is 0.684 bits per heavy atom. The van der Waals surface area contributed by atoms with Crippen LogP contribution < -0.4 is 21.3 Å². The molecule has 0 unspecified atom stereocenters. The van der Waals surface area contributed by atoms with Crippen molar-refractivity contribution in [1.29, 1.82) is 0 Å². The first kappa shape index (κ1) is 28.0. The van der Waals surface area contributed by atoms with Gasteiger partial charge in [-0.25, -0.2) is 9.59 Å². The van der Waals surface area contributed by atoms with Gasteiger partial charge in [0.2, 0.25) is 0 Å². The van der Waals surface area contributed by atoms with Crippen molar-refractivity contribution < 1.29 is 28.7 Å². The number of allylic oxidation sites excluding steroid dienone is 2. The Labute approximate surface area is 221 Å². The van der Waals surface area contributed by atoms with Crippen LogP contribution in [-0.2, 0) is 19.1 Å². The number of carbonyl (C=O) groups is 4. The molecule has 3 rings (SSSR count). The second-order valence-electron chi connectivity index (χ2n) is 8.52. The van der Waals surface area contributed by atoms with Crippen molar-refractivity contribution in [2.45, 2.75) is 13.8 Å². The average molecular weight is 521 g/mol. The molecule has 0 amide bonds. The second kappa shape index (κ2) is 13.1. The average Bonchev–Trinajstić information content (AvgIpc) is 2.91. The van der Waals surface area contributed by atoms with E-state index < -0.39 is 11.9 Å². The van der Waals surface area contributed by atoms with Crippen molar-refractivity contribution in [3.63, 3.8) is 0 Å². The highest BCUT2D eigenvalue weighted by atomic mass is 16.5. The number of carbonyl (C=O) groups excluding carboxylic acids is 4. The van der Waals surface area contributed by atoms with Crippen molar-refractivity contribution in [1.82, 2.24) is 10.6 Å². The van der Waals surface area contributed by atoms with Crippen LogP contribution in [-0.4, -0.2) is 63.9 Å². The van der Waals surface area contributed by atoms with Gasteiger partial charge in [-0.2, -0.15) is 0 Å². The molecule has 0 atom stereocenters. The summed E-state index contributed by atoms with van der Waals surface area (Å²) in [5.41, 5.74) is 3.74. The highest BCUT2D eigenvalue weighted by Gasteiger charge is 2.33. The molecule has 0 spiro atoms. The third-order valence-electron chi connectivity index (χ3n) is 5.84. The molecule has 2 aromatic carbocycles. The molecule has 200 valence electrons. The second-order valence-corrected chi connectivity index (χ2v) is 8.52. The third-order valence-corrected chi connectivity index (χ3v) is 5.84. The first-order valence-corrected chi connectivity index (χ1v) is 12.1. The van der Waals surface area contributed by atoms with Crippen LogP contribution in [0.1, 0.15) is 45.7 Å². The summed E-state index contributed by atoms with van der Waals surface area (Å²) in [6.45, 7) is 5.31. The minimum atomic E-state index is -0.451. The smallest absolute Gasteiger partial charge is 0.332 e. The van der Waals surface area contributed by atoms with Crippen molar-refractivity contribution >= 4 is 34.9 Å². The summed E-state index contributed by atoms with van der Waals surface area (Å²) in [5.74, 6) is -1.36. The number of nitrogens with one attached hydrogen (secondary N) is 4. The van der Waals surface area contributed by atoms with Gasteiger partial charge in [0.15, 0.2) is 11.6 Å². The van der Waals surface area contributed by atoms with E-state index in [0.717, 1.165) is 0 Å². The molecule has 1 aliphatic carbocycles. The fourth-order valence-corrected chi connectivity index (χ4v) is 4.00. The van der Waals surface area contributed by atoms with Crippen LogP contribution in [0.15, 0.2) is 59.9 Å². The van der Waals surface area contributed by atoms with Gasteiger partial charge in [-0.3, -0.25) is 9.59 Å². The Hall–Kier alpha value is -4.60. The molecular weight excluding hydrogens is 488 g/mol. The van der Waals surface area contributed by atoms with Gasteiger partial charge < -0.3 is 30.7 Å². The molecule has 38 heavy (non-hydrogen) atoms. The van der Waals surface area contributed by atoms with Crippen LogP contribution >= 0.6 is 0 Å². The highest BCUT2D eigenvalue weighted by Crippen LogP contribution is 2.36. The standard InChI is InChI=1S/C28H32N4O6/c1-17(15-23(33)37-3)29-11-13-31-21-9-10-22(32-14-12-30-18(2)16-24(34)38-4)26-25(21)27(35)19-7-5-6-8-20(19)28(26)36/h5-10,15-16,29-32H,11-14H2,1-4H3/b17-15+,18-16+. The normalized spacial score (nSPS) is 12.7. The zero-order chi connectivity index (χ0) is 27.7. The molecule has 0 saturated carbocycles. The summed E-state index contributed by atoms with van der Waals surface area (Å²) in [7, 11) is 2.62. The molecule has 2 aromatic rings. The van der Waals surface area contributed by atoms with Gasteiger partial charge >= 0.3 is 11.9 Å². The lowest BCUT2D eigenvalue weighted by molar-refractivity contribution is -0.135. The molecule has 10 heteroatoms. The van der Waals surface area contributed by atoms with E-state index in [2.05, 4.69) is 30.7 Å². The Balaban J connectivity index is 1.79. The summed E-state index contributed by atoms with van der Waals surface area (Å²) >= 11 is 0. The van der Waals surface area contributed by atoms with Gasteiger partial charge in [0.25, 0.3) is 0 Å². The first-order valence-electron chi connectivity index (χ1n) is 12.1. The molecule has 10 nitrogen and oxygen atoms in total. The van der Waals surface area contributed by atoms with Crippen LogP contribution in [0, 0.1) is 0 Å². The molecule has 0 aromatic heterocycles. The quantitative estimate of drug-likeness (QED) is 0.160. The number of ketones is 2. The van der Waals surface area contributed by atoms with Crippen molar-refractivity contribution in [3.05, 3.63) is 82.2 Å². The van der Waals surface area contributed by atoms with Gasteiger partial charge in [0, 0.05) is 72.2 Å². The number of ether oxygens (including phenoxy) is 2. The lowest BCUT2D eigenvalue weighted by Crippen LogP contribution is -2.27. The summed E-state index contributed by atoms with van der Waals surface area (Å²) in [6, 6.07) is 10.3. The van der Waals surface area contributed by atoms with Crippen LogP contribution in [0.3, 0.4) is 0 Å². The summed E-state index contributed by atoms with van der Waals surface area (Å²) in [4.78, 5) is 49.8. The van der Waals surface area contributed by atoms with Gasteiger partial charge in [0.1, 0.15) is 0 Å². The Bertz CT molecular complexity index is 1200. The maximum Gasteiger partial charge on any atom is 0.332 e. The number of fused-ring (bicyclic) bond motifs is 2. The maximum absolute atomic E-state index is 13.5. The minimum Gasteiger partial charge on any atom is -0.466 e. The van der Waals surface area contributed by atoms with E-state index in [0.29, 0.717) is 71.2 Å². The van der Waals surface area contributed by atoms with Gasteiger partial charge in [-0.1, -0.05) is 24.3 Å². The number of hydrogen-bond donors (Lipinski definition) is 4. The molecule has 0 aliphatic heterocycles. The largest absolute Gasteiger partial charge is 0.466 e. The summed E-state index contributed by atoms with van der Waals surface area (Å²) < 4.78 is 9.23. The molecule has 4 N–H and O–H groups in total. The minimum absolute atomic E-state index is 0.231. The Morgan fingerprint density at radius 3 is 1.45 bits per heavy atom. The lowest BCUT2D eigenvalue weighted by atomic mass is 9.82. The number of hydrogen-bond acceptors (Lipinski definition) is 10. The predicted molar refractivity (Wildman–Crippen MR) is 144 cm³/mol. The van der Waals surface area contributed by atoms with E-state index in [1.165, 1.54) is 26.4 Å². The van der Waals surface area contributed by atoms with E-state index in [-0.39, 0.29) is 11.6 Å². The molecule has 0 radical (unpaired) electrons. The third kappa shape index (κ3) is 6.78. The molecule has 0 heterocycles. The van der Waals surface area contributed by atoms with E-state index in [1.807, 2.05) is 0 Å². The van der Waals surface area contributed by atoms with Crippen molar-refractivity contribution in [2.24, 2.45) is 0 Å². The van der Waals surface area contributed by atoms with E-state index >= 15 is 0 Å². The van der Waals surface area contributed by atoms with Crippen molar-refractivity contribution in [3.8, 4) is 0 Å². The van der Waals surface area contributed by atoms with Gasteiger partial charge in [0.05, 0.1) is 25.3 Å². The van der Waals surface area contributed by atoms with Crippen LogP contribution in [0.2, 0.25) is 0 Å². The fraction of sp³-hybridized carbons (Fsp3) is 0.286. The zero-order valence-corrected chi connectivity index (χ0v) is 21.9. The van der Waals surface area contributed by atoms with Crippen molar-refractivity contribution in [2.75, 3.05) is 51.0 Å². The number of anilines is 2. The number of methoxy groups -OCH3 is 2. The fourth-order valence-electron chi connectivity index (χ4n) is 4.00. The molecule has 0 saturated heterocycles. The number of esters is 2. The Morgan fingerprint density at radius 2 is 1.08 bits per heavy atom. The number of benzene rings is 2. The summed E-state index contributed by atoms with van der Waals surface area (Å²) in [6.07, 6.45) is 2.70. The molecule has 0 fully saturated rings. The summed E-state index contributed by atoms with van der Waals surface area (Å²) in [5, 5.41) is 12.7. The number of rotatable bonds is 12. The topological polar surface area (TPSA) is 135 Å². The molecule has 0 bridgehead atoms. The lowest BCUT2D eigenvalue weighted by Gasteiger charge is -2.24. The van der Waals surface area contributed by atoms with E-state index in [1.54, 1.807) is 50.2 Å². The Kier molecular flexibility index (Phi) is 9.64. The van der Waals surface area contributed by atoms with Crippen LogP contribution in [0.25, 0.3) is 0 Å². The van der Waals surface area contributed by atoms with E-state index in [9.17, 15) is 19.2 Å². The first-order chi connectivity index (χ1) is 18.3. The predicted octanol–water partition coefficient (Wildman–Crippen LogP) is 2.62. The monoisotopic (exact) mass is 520 g/mol. The SMILES string of the molecule is COC(=O)/C=C(\C)NCCNc1ccc(NCCN/C(C)=C/C(=O)OC)c2c1C(=O)c1ccccc1C2=O. The van der Waals surface area contributed by atoms with Gasteiger partial charge in [-0.05, 0) is 26.0 Å².